The van der Waals surface area contributed by atoms with Crippen molar-refractivity contribution in [3.8, 4) is 0 Å². The molecule has 0 aliphatic heterocycles. The smallest absolute Gasteiger partial charge is 0.178 e. The van der Waals surface area contributed by atoms with E-state index in [-0.39, 0.29) is 5.78 Å². The maximum absolute atomic E-state index is 11.8. The fourth-order valence-corrected chi connectivity index (χ4v) is 1.86. The topological polar surface area (TPSA) is 58.6 Å². The molecule has 0 bridgehead atoms. The molecule has 4 heteroatoms. The Morgan fingerprint density at radius 3 is 3.12 bits per heavy atom. The Morgan fingerprint density at radius 2 is 2.25 bits per heavy atom. The lowest BCUT2D eigenvalue weighted by molar-refractivity contribution is -0.113. The number of hydrogen-bond donors (Lipinski definition) is 1. The molecule has 1 aliphatic rings. The summed E-state index contributed by atoms with van der Waals surface area (Å²) >= 11 is 0. The van der Waals surface area contributed by atoms with Gasteiger partial charge in [-0.25, -0.2) is 9.97 Å². The molecule has 2 aromatic heterocycles. The normalized spacial score (nSPS) is 15.5. The number of Topliss-reactive ketones (excluding diaryl/α,β-unsaturated/α-hetero) is 1. The van der Waals surface area contributed by atoms with Crippen molar-refractivity contribution in [1.82, 2.24) is 15.0 Å². The zero-order chi connectivity index (χ0) is 11.0. The molecular weight excluding hydrogens is 202 g/mol. The average Bonchev–Trinajstić information content (AvgIpc) is 2.77. The fourth-order valence-electron chi connectivity index (χ4n) is 1.86. The van der Waals surface area contributed by atoms with E-state index in [0.29, 0.717) is 12.1 Å². The second kappa shape index (κ2) is 3.41. The monoisotopic (exact) mass is 211 g/mol. The number of carbonyl (C=O) groups excluding carboxylic acids is 1. The summed E-state index contributed by atoms with van der Waals surface area (Å²) in [6.07, 6.45) is 9.32. The zero-order valence-corrected chi connectivity index (χ0v) is 8.47. The van der Waals surface area contributed by atoms with Crippen molar-refractivity contribution in [1.29, 1.82) is 0 Å². The Labute approximate surface area is 91.7 Å². The highest BCUT2D eigenvalue weighted by molar-refractivity contribution is 6.24. The molecule has 0 aromatic carbocycles. The van der Waals surface area contributed by atoms with Gasteiger partial charge in [0.05, 0.1) is 11.8 Å². The molecule has 0 fully saturated rings. The first kappa shape index (κ1) is 9.03. The number of nitrogens with one attached hydrogen (secondary N) is 1. The third kappa shape index (κ3) is 1.27. The van der Waals surface area contributed by atoms with Crippen molar-refractivity contribution in [3.63, 3.8) is 0 Å². The second-order valence-electron chi connectivity index (χ2n) is 3.60. The van der Waals surface area contributed by atoms with Crippen LogP contribution in [0.15, 0.2) is 36.8 Å². The van der Waals surface area contributed by atoms with Gasteiger partial charge in [0.25, 0.3) is 0 Å². The summed E-state index contributed by atoms with van der Waals surface area (Å²) in [5, 5.41) is 0. The van der Waals surface area contributed by atoms with Crippen LogP contribution in [0.25, 0.3) is 16.7 Å². The molecule has 1 aliphatic carbocycles. The number of hydrogen-bond acceptors (Lipinski definition) is 3. The maximum Gasteiger partial charge on any atom is 0.178 e. The molecule has 2 aromatic rings. The van der Waals surface area contributed by atoms with Crippen molar-refractivity contribution >= 4 is 22.5 Å². The minimum Gasteiger partial charge on any atom is -0.343 e. The largest absolute Gasteiger partial charge is 0.343 e. The molecule has 1 N–H and O–H groups in total. The SMILES string of the molecule is O=C1CC=CC=C1c1ccnc2nc[nH]c12. The average molecular weight is 211 g/mol. The highest BCUT2D eigenvalue weighted by Crippen LogP contribution is 2.25. The third-order valence-corrected chi connectivity index (χ3v) is 2.62. The first-order valence-corrected chi connectivity index (χ1v) is 5.05. The van der Waals surface area contributed by atoms with E-state index < -0.39 is 0 Å². The lowest BCUT2D eigenvalue weighted by Gasteiger charge is -2.08. The van der Waals surface area contributed by atoms with Gasteiger partial charge in [0, 0.05) is 23.8 Å². The van der Waals surface area contributed by atoms with Gasteiger partial charge < -0.3 is 4.98 Å². The number of imidazole rings is 1. The maximum atomic E-state index is 11.8. The van der Waals surface area contributed by atoms with Gasteiger partial charge in [-0.05, 0) is 6.07 Å². The summed E-state index contributed by atoms with van der Waals surface area (Å²) in [4.78, 5) is 23.0. The van der Waals surface area contributed by atoms with E-state index in [2.05, 4.69) is 15.0 Å². The van der Waals surface area contributed by atoms with Crippen LogP contribution in [0.4, 0.5) is 0 Å². The number of aromatic nitrogens is 3. The molecule has 0 saturated heterocycles. The van der Waals surface area contributed by atoms with Crippen LogP contribution in [0.5, 0.6) is 0 Å². The Kier molecular flexibility index (Phi) is 1.93. The van der Waals surface area contributed by atoms with Gasteiger partial charge >= 0.3 is 0 Å². The predicted molar refractivity (Wildman–Crippen MR) is 60.6 cm³/mol. The minimum absolute atomic E-state index is 0.129. The van der Waals surface area contributed by atoms with Crippen LogP contribution >= 0.6 is 0 Å². The van der Waals surface area contributed by atoms with Crippen molar-refractivity contribution in [2.45, 2.75) is 6.42 Å². The Hall–Kier alpha value is -2.23. The van der Waals surface area contributed by atoms with E-state index in [1.807, 2.05) is 24.3 Å². The molecule has 0 spiro atoms. The van der Waals surface area contributed by atoms with Crippen LogP contribution in [0.2, 0.25) is 0 Å². The summed E-state index contributed by atoms with van der Waals surface area (Å²) in [5.74, 6) is 0.129. The van der Waals surface area contributed by atoms with Crippen LogP contribution in [-0.4, -0.2) is 20.7 Å². The molecule has 3 rings (SSSR count). The predicted octanol–water partition coefficient (Wildman–Crippen LogP) is 1.87. The number of rotatable bonds is 1. The number of pyridine rings is 1. The lowest BCUT2D eigenvalue weighted by atomic mass is 9.96. The van der Waals surface area contributed by atoms with E-state index in [9.17, 15) is 4.79 Å². The quantitative estimate of drug-likeness (QED) is 0.783. The first-order chi connectivity index (χ1) is 7.86. The molecule has 2 heterocycles. The fraction of sp³-hybridized carbons (Fsp3) is 0.0833. The van der Waals surface area contributed by atoms with Gasteiger partial charge in [-0.15, -0.1) is 0 Å². The summed E-state index contributed by atoms with van der Waals surface area (Å²) in [7, 11) is 0. The van der Waals surface area contributed by atoms with E-state index >= 15 is 0 Å². The zero-order valence-electron chi connectivity index (χ0n) is 8.47. The van der Waals surface area contributed by atoms with E-state index in [1.54, 1.807) is 12.5 Å². The van der Waals surface area contributed by atoms with Gasteiger partial charge in [0.1, 0.15) is 0 Å². The number of aromatic amines is 1. The number of fused-ring (bicyclic) bond motifs is 1. The van der Waals surface area contributed by atoms with Crippen LogP contribution in [0.3, 0.4) is 0 Å². The minimum atomic E-state index is 0.129. The second-order valence-corrected chi connectivity index (χ2v) is 3.60. The number of nitrogens with zero attached hydrogens (tertiary/aromatic N) is 2. The number of H-pyrrole nitrogens is 1. The highest BCUT2D eigenvalue weighted by Gasteiger charge is 2.16. The first-order valence-electron chi connectivity index (χ1n) is 5.05. The molecule has 0 radical (unpaired) electrons. The summed E-state index contributed by atoms with van der Waals surface area (Å²) in [5.41, 5.74) is 3.05. The van der Waals surface area contributed by atoms with Crippen molar-refractivity contribution in [2.24, 2.45) is 0 Å². The molecule has 4 nitrogen and oxygen atoms in total. The molecular formula is C12H9N3O. The summed E-state index contributed by atoms with van der Waals surface area (Å²) < 4.78 is 0. The summed E-state index contributed by atoms with van der Waals surface area (Å²) in [6, 6.07) is 1.84. The van der Waals surface area contributed by atoms with Gasteiger partial charge in [-0.2, -0.15) is 0 Å². The van der Waals surface area contributed by atoms with Crippen LogP contribution in [-0.2, 0) is 4.79 Å². The standard InChI is InChI=1S/C12H9N3O/c16-10-4-2-1-3-8(10)9-5-6-13-12-11(9)14-7-15-12/h1-3,5-7H,4H2,(H,13,14,15). The van der Waals surface area contributed by atoms with Crippen molar-refractivity contribution in [2.75, 3.05) is 0 Å². The Morgan fingerprint density at radius 1 is 1.31 bits per heavy atom. The van der Waals surface area contributed by atoms with Gasteiger partial charge in [-0.3, -0.25) is 4.79 Å². The Balaban J connectivity index is 2.25. The molecule has 0 saturated carbocycles. The number of carbonyl (C=O) groups is 1. The molecule has 0 amide bonds. The van der Waals surface area contributed by atoms with Crippen LogP contribution in [0.1, 0.15) is 12.0 Å². The Bertz CT molecular complexity index is 622. The van der Waals surface area contributed by atoms with Crippen LogP contribution < -0.4 is 0 Å². The molecule has 78 valence electrons. The van der Waals surface area contributed by atoms with E-state index in [1.165, 1.54) is 0 Å². The van der Waals surface area contributed by atoms with E-state index in [0.717, 1.165) is 16.7 Å². The van der Waals surface area contributed by atoms with Gasteiger partial charge in [0.2, 0.25) is 0 Å². The summed E-state index contributed by atoms with van der Waals surface area (Å²) in [6.45, 7) is 0. The van der Waals surface area contributed by atoms with Crippen molar-refractivity contribution < 1.29 is 4.79 Å². The number of ketones is 1. The number of allylic oxidation sites excluding steroid dienone is 4. The highest BCUT2D eigenvalue weighted by atomic mass is 16.1. The molecule has 0 unspecified atom stereocenters. The molecule has 0 atom stereocenters. The lowest BCUT2D eigenvalue weighted by Crippen LogP contribution is -2.03. The van der Waals surface area contributed by atoms with Gasteiger partial charge in [0.15, 0.2) is 11.4 Å². The van der Waals surface area contributed by atoms with Gasteiger partial charge in [-0.1, -0.05) is 18.2 Å². The molecule has 16 heavy (non-hydrogen) atoms. The third-order valence-electron chi connectivity index (χ3n) is 2.62. The van der Waals surface area contributed by atoms with E-state index in [4.69, 9.17) is 0 Å². The van der Waals surface area contributed by atoms with Crippen LogP contribution in [0, 0.1) is 0 Å². The van der Waals surface area contributed by atoms with Crippen molar-refractivity contribution in [3.05, 3.63) is 42.4 Å².